The molecule has 1 aliphatic rings. The summed E-state index contributed by atoms with van der Waals surface area (Å²) in [6.07, 6.45) is 1.43. The zero-order chi connectivity index (χ0) is 20.8. The van der Waals surface area contributed by atoms with Crippen molar-refractivity contribution in [3.05, 3.63) is 47.5 Å². The number of rotatable bonds is 8. The highest BCUT2D eigenvalue weighted by molar-refractivity contribution is 6.22. The lowest BCUT2D eigenvalue weighted by Gasteiger charge is -2.13. The zero-order valence-corrected chi connectivity index (χ0v) is 15.6. The molecule has 0 aromatic heterocycles. The Bertz CT molecular complexity index is 848. The minimum absolute atomic E-state index is 0.0323. The minimum Gasteiger partial charge on any atom is -0.452 e. The maximum Gasteiger partial charge on any atom is 0.338 e. The summed E-state index contributed by atoms with van der Waals surface area (Å²) in [5.74, 6) is -2.81. The smallest absolute Gasteiger partial charge is 0.338 e. The molecule has 2 N–H and O–H groups in total. The van der Waals surface area contributed by atoms with E-state index in [1.165, 1.54) is 31.2 Å². The van der Waals surface area contributed by atoms with Gasteiger partial charge < -0.3 is 15.4 Å². The Balaban J connectivity index is 1.99. The number of fused-ring (bicyclic) bond motifs is 1. The van der Waals surface area contributed by atoms with E-state index in [0.717, 1.165) is 4.90 Å². The van der Waals surface area contributed by atoms with Crippen LogP contribution in [-0.4, -0.2) is 60.2 Å². The summed E-state index contributed by atoms with van der Waals surface area (Å²) in [7, 11) is 0. The van der Waals surface area contributed by atoms with Gasteiger partial charge in [0, 0.05) is 13.1 Å². The van der Waals surface area contributed by atoms with E-state index in [0.29, 0.717) is 6.54 Å². The van der Waals surface area contributed by atoms with Gasteiger partial charge in [0.15, 0.2) is 6.61 Å². The summed E-state index contributed by atoms with van der Waals surface area (Å²) in [6.45, 7) is 6.66. The second-order valence-corrected chi connectivity index (χ2v) is 6.03. The van der Waals surface area contributed by atoms with Crippen molar-refractivity contribution in [1.29, 1.82) is 0 Å². The average molecular weight is 387 g/mol. The van der Waals surface area contributed by atoms with Gasteiger partial charge >= 0.3 is 5.97 Å². The number of likely N-dealkylation sites (N-methyl/N-ethyl adjacent to an activating group) is 1. The highest BCUT2D eigenvalue weighted by Crippen LogP contribution is 2.24. The monoisotopic (exact) mass is 387 g/mol. The summed E-state index contributed by atoms with van der Waals surface area (Å²) < 4.78 is 4.92. The molecule has 0 spiro atoms. The third-order valence-corrected chi connectivity index (χ3v) is 3.97. The average Bonchev–Trinajstić information content (AvgIpc) is 2.91. The summed E-state index contributed by atoms with van der Waals surface area (Å²) in [5.41, 5.74) is 0.317. The first-order valence-corrected chi connectivity index (χ1v) is 8.65. The standard InChI is InChI=1S/C19H21N3O6/c1-4-8-22-17(25)13-7-6-12(9-14(13)18(22)26)19(27)28-10-15(23)21-11(3)16(24)20-5-2/h4,6-7,9,11H,1,5,8,10H2,2-3H3,(H,20,24)(H,21,23)/t11-/m1/s1. The van der Waals surface area contributed by atoms with Gasteiger partial charge in [0.2, 0.25) is 5.91 Å². The van der Waals surface area contributed by atoms with Gasteiger partial charge in [0.25, 0.3) is 17.7 Å². The molecule has 2 rings (SSSR count). The first-order valence-electron chi connectivity index (χ1n) is 8.65. The minimum atomic E-state index is -0.828. The largest absolute Gasteiger partial charge is 0.452 e. The van der Waals surface area contributed by atoms with Crippen LogP contribution >= 0.6 is 0 Å². The first kappa shape index (κ1) is 20.8. The van der Waals surface area contributed by atoms with Crippen LogP contribution in [0, 0.1) is 0 Å². The van der Waals surface area contributed by atoms with Crippen LogP contribution in [0.3, 0.4) is 0 Å². The van der Waals surface area contributed by atoms with Gasteiger partial charge in [-0.15, -0.1) is 6.58 Å². The summed E-state index contributed by atoms with van der Waals surface area (Å²) in [6, 6.07) is 3.20. The second-order valence-electron chi connectivity index (χ2n) is 6.03. The highest BCUT2D eigenvalue weighted by Gasteiger charge is 2.35. The van der Waals surface area contributed by atoms with Crippen molar-refractivity contribution in [2.45, 2.75) is 19.9 Å². The molecule has 9 nitrogen and oxygen atoms in total. The van der Waals surface area contributed by atoms with Crippen LogP contribution in [0.15, 0.2) is 30.9 Å². The van der Waals surface area contributed by atoms with Gasteiger partial charge in [0.1, 0.15) is 6.04 Å². The summed E-state index contributed by atoms with van der Waals surface area (Å²) in [4.78, 5) is 61.0. The van der Waals surface area contributed by atoms with Gasteiger partial charge in [-0.25, -0.2) is 4.79 Å². The molecule has 1 atom stereocenters. The number of benzene rings is 1. The predicted molar refractivity (Wildman–Crippen MR) is 98.6 cm³/mol. The molecule has 0 saturated carbocycles. The number of nitrogens with one attached hydrogen (secondary N) is 2. The summed E-state index contributed by atoms with van der Waals surface area (Å²) >= 11 is 0. The Morgan fingerprint density at radius 1 is 1.21 bits per heavy atom. The lowest BCUT2D eigenvalue weighted by atomic mass is 10.1. The number of esters is 1. The van der Waals surface area contributed by atoms with Crippen LogP contribution < -0.4 is 10.6 Å². The van der Waals surface area contributed by atoms with Crippen LogP contribution in [-0.2, 0) is 14.3 Å². The van der Waals surface area contributed by atoms with Crippen molar-refractivity contribution < 1.29 is 28.7 Å². The van der Waals surface area contributed by atoms with Gasteiger partial charge in [-0.2, -0.15) is 0 Å². The lowest BCUT2D eigenvalue weighted by Crippen LogP contribution is -2.46. The molecular formula is C19H21N3O6. The number of carbonyl (C=O) groups excluding carboxylic acids is 5. The van der Waals surface area contributed by atoms with Crippen LogP contribution in [0.4, 0.5) is 0 Å². The molecule has 148 valence electrons. The van der Waals surface area contributed by atoms with E-state index < -0.39 is 36.3 Å². The van der Waals surface area contributed by atoms with Crippen molar-refractivity contribution in [2.75, 3.05) is 19.7 Å². The number of amides is 4. The molecule has 28 heavy (non-hydrogen) atoms. The van der Waals surface area contributed by atoms with Crippen LogP contribution in [0.1, 0.15) is 44.9 Å². The Kier molecular flexibility index (Phi) is 6.64. The Hall–Kier alpha value is -3.49. The van der Waals surface area contributed by atoms with E-state index in [4.69, 9.17) is 4.74 Å². The fraction of sp³-hybridized carbons (Fsp3) is 0.316. The molecule has 0 radical (unpaired) electrons. The topological polar surface area (TPSA) is 122 Å². The first-order chi connectivity index (χ1) is 13.3. The van der Waals surface area contributed by atoms with Crippen molar-refractivity contribution >= 4 is 29.6 Å². The molecule has 9 heteroatoms. The molecule has 0 bridgehead atoms. The molecular weight excluding hydrogens is 366 g/mol. The quantitative estimate of drug-likeness (QED) is 0.375. The summed E-state index contributed by atoms with van der Waals surface area (Å²) in [5, 5.41) is 4.96. The number of hydrogen-bond donors (Lipinski definition) is 2. The van der Waals surface area contributed by atoms with Crippen molar-refractivity contribution in [3.8, 4) is 0 Å². The van der Waals surface area contributed by atoms with Crippen molar-refractivity contribution in [2.24, 2.45) is 0 Å². The number of ether oxygens (including phenoxy) is 1. The number of carbonyl (C=O) groups is 5. The number of imide groups is 1. The zero-order valence-electron chi connectivity index (χ0n) is 15.6. The molecule has 1 heterocycles. The Morgan fingerprint density at radius 2 is 1.89 bits per heavy atom. The number of hydrogen-bond acceptors (Lipinski definition) is 6. The fourth-order valence-electron chi connectivity index (χ4n) is 2.60. The highest BCUT2D eigenvalue weighted by atomic mass is 16.5. The maximum atomic E-state index is 12.3. The van der Waals surface area contributed by atoms with Crippen LogP contribution in [0.2, 0.25) is 0 Å². The van der Waals surface area contributed by atoms with E-state index in [2.05, 4.69) is 17.2 Å². The van der Waals surface area contributed by atoms with Crippen LogP contribution in [0.25, 0.3) is 0 Å². The van der Waals surface area contributed by atoms with Gasteiger partial charge in [-0.05, 0) is 32.0 Å². The second kappa shape index (κ2) is 8.94. The van der Waals surface area contributed by atoms with E-state index in [-0.39, 0.29) is 29.1 Å². The molecule has 1 aromatic rings. The molecule has 0 saturated heterocycles. The predicted octanol–water partition coefficient (Wildman–Crippen LogP) is 0.266. The van der Waals surface area contributed by atoms with E-state index in [1.807, 2.05) is 0 Å². The third-order valence-electron chi connectivity index (χ3n) is 3.97. The van der Waals surface area contributed by atoms with E-state index >= 15 is 0 Å². The van der Waals surface area contributed by atoms with Crippen molar-refractivity contribution in [1.82, 2.24) is 15.5 Å². The van der Waals surface area contributed by atoms with Gasteiger partial charge in [0.05, 0.1) is 16.7 Å². The fourth-order valence-corrected chi connectivity index (χ4v) is 2.60. The Morgan fingerprint density at radius 3 is 2.54 bits per heavy atom. The maximum absolute atomic E-state index is 12.3. The normalized spacial score (nSPS) is 13.6. The molecule has 1 aromatic carbocycles. The Labute approximate surface area is 161 Å². The molecule has 0 fully saturated rings. The van der Waals surface area contributed by atoms with Crippen molar-refractivity contribution in [3.63, 3.8) is 0 Å². The molecule has 1 aliphatic heterocycles. The molecule has 0 unspecified atom stereocenters. The van der Waals surface area contributed by atoms with E-state index in [9.17, 15) is 24.0 Å². The van der Waals surface area contributed by atoms with E-state index in [1.54, 1.807) is 6.92 Å². The van der Waals surface area contributed by atoms with Gasteiger partial charge in [-0.1, -0.05) is 6.08 Å². The molecule has 4 amide bonds. The van der Waals surface area contributed by atoms with Gasteiger partial charge in [-0.3, -0.25) is 24.1 Å². The number of nitrogens with zero attached hydrogens (tertiary/aromatic N) is 1. The SMILES string of the molecule is C=CCN1C(=O)c2ccc(C(=O)OCC(=O)N[C@H](C)C(=O)NCC)cc2C1=O. The third kappa shape index (κ3) is 4.43. The van der Waals surface area contributed by atoms with Crippen LogP contribution in [0.5, 0.6) is 0 Å². The lowest BCUT2D eigenvalue weighted by molar-refractivity contribution is -0.130. The molecule has 0 aliphatic carbocycles.